The molecular formula is C50H52N10O5. The molecule has 5 aromatic rings. The first kappa shape index (κ1) is 44.3. The van der Waals surface area contributed by atoms with Crippen LogP contribution in [0.2, 0.25) is 0 Å². The van der Waals surface area contributed by atoms with E-state index in [1.165, 1.54) is 6.33 Å². The number of likely N-dealkylation sites (tertiary alicyclic amines) is 1. The van der Waals surface area contributed by atoms with Crippen LogP contribution in [-0.2, 0) is 20.9 Å². The minimum atomic E-state index is -0.658. The molecule has 0 radical (unpaired) electrons. The van der Waals surface area contributed by atoms with Gasteiger partial charge < -0.3 is 25.6 Å². The highest BCUT2D eigenvalue weighted by Gasteiger charge is 2.40. The molecule has 2 saturated heterocycles. The highest BCUT2D eigenvalue weighted by Crippen LogP contribution is 2.35. The standard InChI is InChI=1S/C50H52N10O5/c1-50(2,55-26-11-6-4-3-5-8-14-33-15-12-19-39-40(33)31-59(49(39)64)41-24-25-42(61)56-47(41)62)28-35(29-51)48(63)58-27-13-16-36(30-58)60-46-43(45(52)53-32-54-46)44(57-60)34-20-22-38(23-21-34)65-37-17-9-7-10-18-37/h7,9-10,12,15,17-23,28,32,36,41,55H,3-6,11,13,16,24-27,30-31H2,1-2H3,(H2,52,53,54)(H,56,61,62). The van der Waals surface area contributed by atoms with Crippen LogP contribution in [0, 0.1) is 23.2 Å². The zero-order valence-corrected chi connectivity index (χ0v) is 36.7. The molecule has 2 unspecified atom stereocenters. The number of hydrogen-bond acceptors (Lipinski definition) is 11. The van der Waals surface area contributed by atoms with Gasteiger partial charge in [-0.1, -0.05) is 48.9 Å². The second-order valence-electron chi connectivity index (χ2n) is 17.3. The van der Waals surface area contributed by atoms with Gasteiger partial charge in [-0.2, -0.15) is 10.4 Å². The van der Waals surface area contributed by atoms with Crippen LogP contribution in [0.5, 0.6) is 11.5 Å². The number of carbonyl (C=O) groups excluding carboxylic acids is 4. The van der Waals surface area contributed by atoms with Gasteiger partial charge in [0.05, 0.1) is 11.4 Å². The lowest BCUT2D eigenvalue weighted by molar-refractivity contribution is -0.137. The number of nitrogens with one attached hydrogen (secondary N) is 2. The fourth-order valence-corrected chi connectivity index (χ4v) is 8.78. The summed E-state index contributed by atoms with van der Waals surface area (Å²) in [6.45, 7) is 5.82. The van der Waals surface area contributed by atoms with Crippen LogP contribution >= 0.6 is 0 Å². The molecule has 332 valence electrons. The van der Waals surface area contributed by atoms with Crippen molar-refractivity contribution in [1.82, 2.24) is 40.2 Å². The number of hydrogen-bond donors (Lipinski definition) is 3. The number of imide groups is 1. The van der Waals surface area contributed by atoms with Crippen LogP contribution in [0.3, 0.4) is 0 Å². The van der Waals surface area contributed by atoms with Crippen molar-refractivity contribution in [2.45, 2.75) is 95.8 Å². The first-order valence-corrected chi connectivity index (χ1v) is 22.2. The fourth-order valence-electron chi connectivity index (χ4n) is 8.78. The molecule has 0 aliphatic carbocycles. The maximum absolute atomic E-state index is 13.9. The molecule has 3 aliphatic rings. The zero-order valence-electron chi connectivity index (χ0n) is 36.7. The summed E-state index contributed by atoms with van der Waals surface area (Å²) in [4.78, 5) is 63.3. The fraction of sp³-hybridized carbons (Fsp3) is 0.360. The van der Waals surface area contributed by atoms with Crippen molar-refractivity contribution in [3.05, 3.63) is 107 Å². The lowest BCUT2D eigenvalue weighted by Crippen LogP contribution is -2.52. The Kier molecular flexibility index (Phi) is 13.3. The van der Waals surface area contributed by atoms with Gasteiger partial charge in [0.1, 0.15) is 47.0 Å². The van der Waals surface area contributed by atoms with E-state index in [0.29, 0.717) is 72.9 Å². The summed E-state index contributed by atoms with van der Waals surface area (Å²) in [5, 5.41) is 21.7. The number of rotatable bonds is 14. The summed E-state index contributed by atoms with van der Waals surface area (Å²) in [6.07, 6.45) is 9.70. The number of amides is 4. The molecular weight excluding hydrogens is 821 g/mol. The second-order valence-corrected chi connectivity index (χ2v) is 17.3. The molecule has 65 heavy (non-hydrogen) atoms. The Morgan fingerprint density at radius 2 is 1.77 bits per heavy atom. The van der Waals surface area contributed by atoms with Gasteiger partial charge in [0, 0.05) is 54.7 Å². The van der Waals surface area contributed by atoms with Crippen molar-refractivity contribution in [2.75, 3.05) is 25.4 Å². The Hall–Kier alpha value is -7.36. The number of piperidine rings is 2. The number of aromatic nitrogens is 4. The molecule has 2 aromatic heterocycles. The van der Waals surface area contributed by atoms with Crippen molar-refractivity contribution >= 4 is 40.5 Å². The average molecular weight is 873 g/mol. The van der Waals surface area contributed by atoms with Crippen LogP contribution in [0.4, 0.5) is 5.82 Å². The summed E-state index contributed by atoms with van der Waals surface area (Å²) in [6, 6.07) is 24.0. The predicted molar refractivity (Wildman–Crippen MR) is 245 cm³/mol. The minimum absolute atomic E-state index is 0.0919. The van der Waals surface area contributed by atoms with Gasteiger partial charge in [-0.15, -0.1) is 0 Å². The molecule has 4 amide bonds. The van der Waals surface area contributed by atoms with Crippen molar-refractivity contribution in [3.8, 4) is 40.7 Å². The molecule has 0 bridgehead atoms. The summed E-state index contributed by atoms with van der Waals surface area (Å²) >= 11 is 0. The van der Waals surface area contributed by atoms with Crippen molar-refractivity contribution in [2.24, 2.45) is 0 Å². The Morgan fingerprint density at radius 3 is 2.55 bits per heavy atom. The summed E-state index contributed by atoms with van der Waals surface area (Å²) < 4.78 is 7.84. The lowest BCUT2D eigenvalue weighted by atomic mass is 9.99. The van der Waals surface area contributed by atoms with E-state index in [-0.39, 0.29) is 35.8 Å². The molecule has 15 nitrogen and oxygen atoms in total. The van der Waals surface area contributed by atoms with E-state index in [1.54, 1.807) is 21.9 Å². The molecule has 0 spiro atoms. The van der Waals surface area contributed by atoms with E-state index in [0.717, 1.165) is 61.0 Å². The van der Waals surface area contributed by atoms with Gasteiger partial charge in [-0.05, 0) is 113 Å². The normalized spacial score (nSPS) is 17.6. The molecule has 15 heteroatoms. The van der Waals surface area contributed by atoms with E-state index in [1.807, 2.05) is 85.3 Å². The van der Waals surface area contributed by atoms with Crippen molar-refractivity contribution in [1.29, 1.82) is 5.26 Å². The Bertz CT molecular complexity index is 2750. The minimum Gasteiger partial charge on any atom is -0.457 e. The molecule has 4 N–H and O–H groups in total. The van der Waals surface area contributed by atoms with Crippen LogP contribution in [-0.4, -0.2) is 84.4 Å². The van der Waals surface area contributed by atoms with E-state index >= 15 is 0 Å². The van der Waals surface area contributed by atoms with Crippen molar-refractivity contribution in [3.63, 3.8) is 0 Å². The van der Waals surface area contributed by atoms with E-state index < -0.39 is 17.5 Å². The maximum atomic E-state index is 13.9. The van der Waals surface area contributed by atoms with E-state index in [2.05, 4.69) is 38.5 Å². The Morgan fingerprint density at radius 1 is 0.985 bits per heavy atom. The quantitative estimate of drug-likeness (QED) is 0.0356. The Balaban J connectivity index is 0.819. The van der Waals surface area contributed by atoms with E-state index in [9.17, 15) is 24.4 Å². The number of unbranched alkanes of at least 4 members (excludes halogenated alkanes) is 4. The van der Waals surface area contributed by atoms with Gasteiger partial charge in [-0.3, -0.25) is 24.5 Å². The van der Waals surface area contributed by atoms with E-state index in [4.69, 9.17) is 15.6 Å². The second kappa shape index (κ2) is 19.6. The number of benzene rings is 3. The van der Waals surface area contributed by atoms with Crippen molar-refractivity contribution < 1.29 is 23.9 Å². The SMILES string of the molecule is CC(C)(C=C(C#N)C(=O)N1CCCC(n2nc(-c3ccc(Oc4ccccc4)cc3)c3c(N)ncnc32)C1)NCCCCCCC#Cc1cccc2c1CN(C1CCC(=O)NC1=O)C2=O. The number of anilines is 1. The van der Waals surface area contributed by atoms with Crippen LogP contribution in [0.25, 0.3) is 22.3 Å². The molecule has 3 aliphatic heterocycles. The first-order chi connectivity index (χ1) is 31.5. The highest BCUT2D eigenvalue weighted by atomic mass is 16.5. The number of para-hydroxylation sites is 1. The van der Waals surface area contributed by atoms with Gasteiger partial charge in [-0.25, -0.2) is 14.6 Å². The third kappa shape index (κ3) is 10.1. The molecule has 2 fully saturated rings. The van der Waals surface area contributed by atoms with Crippen LogP contribution < -0.4 is 21.1 Å². The van der Waals surface area contributed by atoms with Gasteiger partial charge >= 0.3 is 0 Å². The monoisotopic (exact) mass is 872 g/mol. The summed E-state index contributed by atoms with van der Waals surface area (Å²) in [5.41, 5.74) is 10.1. The average Bonchev–Trinajstić information content (AvgIpc) is 3.87. The smallest absolute Gasteiger partial charge is 0.264 e. The topological polar surface area (TPSA) is 201 Å². The lowest BCUT2D eigenvalue weighted by Gasteiger charge is -2.33. The Labute approximate surface area is 378 Å². The predicted octanol–water partition coefficient (Wildman–Crippen LogP) is 6.61. The molecule has 5 heterocycles. The number of nitriles is 1. The number of fused-ring (bicyclic) bond motifs is 2. The molecule has 2 atom stereocenters. The summed E-state index contributed by atoms with van der Waals surface area (Å²) in [7, 11) is 0. The highest BCUT2D eigenvalue weighted by molar-refractivity contribution is 6.05. The molecule has 3 aromatic carbocycles. The van der Waals surface area contributed by atoms with Crippen LogP contribution in [0.1, 0.15) is 99.2 Å². The zero-order chi connectivity index (χ0) is 45.5. The largest absolute Gasteiger partial charge is 0.457 e. The van der Waals surface area contributed by atoms with Gasteiger partial charge in [0.15, 0.2) is 5.65 Å². The third-order valence-corrected chi connectivity index (χ3v) is 12.1. The van der Waals surface area contributed by atoms with Gasteiger partial charge in [0.25, 0.3) is 11.8 Å². The third-order valence-electron chi connectivity index (χ3n) is 12.1. The number of nitrogen functional groups attached to an aromatic ring is 1. The number of carbonyl (C=O) groups is 4. The number of nitrogens with two attached hydrogens (primary N) is 1. The number of ether oxygens (including phenoxy) is 1. The van der Waals surface area contributed by atoms with Crippen LogP contribution in [0.15, 0.2) is 90.8 Å². The molecule has 8 rings (SSSR count). The molecule has 0 saturated carbocycles. The first-order valence-electron chi connectivity index (χ1n) is 22.2. The maximum Gasteiger partial charge on any atom is 0.264 e. The summed E-state index contributed by atoms with van der Waals surface area (Å²) in [5.74, 6) is 6.98. The number of nitrogens with zero attached hydrogens (tertiary/aromatic N) is 7. The van der Waals surface area contributed by atoms with Gasteiger partial charge in [0.2, 0.25) is 11.8 Å².